The smallest absolute Gasteiger partial charge is 0.355 e. The SMILES string of the molecule is CC(C)(Oc1ccc(Cl)cc1)C(=O)Oc1cccc(-n2cnnn2)c1. The standard InChI is InChI=1S/C17H15ClN4O3/c1-17(2,25-14-8-6-12(18)7-9-14)16(23)24-15-5-3-4-13(10-15)22-11-19-20-21-22/h3-11H,1-2H3. The maximum atomic E-state index is 12.5. The van der Waals surface area contributed by atoms with Gasteiger partial charge in [0.1, 0.15) is 17.8 Å². The Labute approximate surface area is 149 Å². The van der Waals surface area contributed by atoms with Gasteiger partial charge in [0.05, 0.1) is 5.69 Å². The highest BCUT2D eigenvalue weighted by Gasteiger charge is 2.32. The molecule has 8 heteroatoms. The molecule has 0 aliphatic carbocycles. The summed E-state index contributed by atoms with van der Waals surface area (Å²) in [5, 5.41) is 11.5. The van der Waals surface area contributed by atoms with E-state index in [-0.39, 0.29) is 0 Å². The number of rotatable bonds is 5. The summed E-state index contributed by atoms with van der Waals surface area (Å²) < 4.78 is 12.6. The second-order valence-electron chi connectivity index (χ2n) is 5.71. The number of ether oxygens (including phenoxy) is 2. The molecule has 0 atom stereocenters. The van der Waals surface area contributed by atoms with Crippen molar-refractivity contribution in [1.29, 1.82) is 0 Å². The van der Waals surface area contributed by atoms with E-state index in [1.54, 1.807) is 62.4 Å². The monoisotopic (exact) mass is 358 g/mol. The Balaban J connectivity index is 1.72. The minimum atomic E-state index is -1.18. The van der Waals surface area contributed by atoms with E-state index in [0.717, 1.165) is 0 Å². The summed E-state index contributed by atoms with van der Waals surface area (Å²) in [4.78, 5) is 12.5. The zero-order valence-electron chi connectivity index (χ0n) is 13.6. The van der Waals surface area contributed by atoms with Gasteiger partial charge in [-0.05, 0) is 60.7 Å². The molecule has 25 heavy (non-hydrogen) atoms. The van der Waals surface area contributed by atoms with Crippen molar-refractivity contribution in [3.8, 4) is 17.2 Å². The van der Waals surface area contributed by atoms with Crippen LogP contribution in [0.15, 0.2) is 54.9 Å². The first-order chi connectivity index (χ1) is 11.9. The average molecular weight is 359 g/mol. The van der Waals surface area contributed by atoms with Gasteiger partial charge in [0.25, 0.3) is 0 Å². The van der Waals surface area contributed by atoms with E-state index in [4.69, 9.17) is 21.1 Å². The number of esters is 1. The van der Waals surface area contributed by atoms with Gasteiger partial charge in [-0.3, -0.25) is 0 Å². The van der Waals surface area contributed by atoms with Crippen molar-refractivity contribution in [2.75, 3.05) is 0 Å². The molecular weight excluding hydrogens is 344 g/mol. The zero-order valence-corrected chi connectivity index (χ0v) is 14.3. The summed E-state index contributed by atoms with van der Waals surface area (Å²) in [6.07, 6.45) is 1.45. The molecule has 0 amide bonds. The fourth-order valence-electron chi connectivity index (χ4n) is 2.04. The Morgan fingerprint density at radius 1 is 1.12 bits per heavy atom. The lowest BCUT2D eigenvalue weighted by Gasteiger charge is -2.24. The Morgan fingerprint density at radius 2 is 1.88 bits per heavy atom. The number of carbonyl (C=O) groups is 1. The Hall–Kier alpha value is -2.93. The van der Waals surface area contributed by atoms with Crippen LogP contribution in [0.5, 0.6) is 11.5 Å². The number of tetrazole rings is 1. The molecule has 0 aliphatic rings. The average Bonchev–Trinajstić information content (AvgIpc) is 3.11. The maximum Gasteiger partial charge on any atom is 0.355 e. The third-order valence-corrected chi connectivity index (χ3v) is 3.57. The van der Waals surface area contributed by atoms with E-state index in [0.29, 0.717) is 22.2 Å². The van der Waals surface area contributed by atoms with Gasteiger partial charge in [0.2, 0.25) is 5.60 Å². The molecule has 0 saturated heterocycles. The van der Waals surface area contributed by atoms with Crippen LogP contribution in [0.1, 0.15) is 13.8 Å². The number of nitrogens with zero attached hydrogens (tertiary/aromatic N) is 4. The second kappa shape index (κ2) is 6.90. The predicted octanol–water partition coefficient (Wildman–Crippen LogP) is 3.08. The van der Waals surface area contributed by atoms with E-state index >= 15 is 0 Å². The summed E-state index contributed by atoms with van der Waals surface area (Å²) in [5.74, 6) is 0.357. The number of hydrogen-bond donors (Lipinski definition) is 0. The fraction of sp³-hybridized carbons (Fsp3) is 0.176. The van der Waals surface area contributed by atoms with Crippen LogP contribution >= 0.6 is 11.6 Å². The largest absolute Gasteiger partial charge is 0.476 e. The Morgan fingerprint density at radius 3 is 2.56 bits per heavy atom. The van der Waals surface area contributed by atoms with Crippen molar-refractivity contribution in [2.24, 2.45) is 0 Å². The van der Waals surface area contributed by atoms with Crippen molar-refractivity contribution in [1.82, 2.24) is 20.2 Å². The molecule has 0 aliphatic heterocycles. The molecule has 7 nitrogen and oxygen atoms in total. The Kier molecular flexibility index (Phi) is 4.67. The van der Waals surface area contributed by atoms with Crippen LogP contribution in [0, 0.1) is 0 Å². The molecule has 0 N–H and O–H groups in total. The molecule has 0 saturated carbocycles. The van der Waals surface area contributed by atoms with Crippen LogP contribution in [0.3, 0.4) is 0 Å². The normalized spacial score (nSPS) is 11.2. The predicted molar refractivity (Wildman–Crippen MR) is 90.9 cm³/mol. The van der Waals surface area contributed by atoms with Crippen LogP contribution in [-0.4, -0.2) is 31.8 Å². The molecule has 0 radical (unpaired) electrons. The first-order valence-electron chi connectivity index (χ1n) is 7.44. The highest BCUT2D eigenvalue weighted by atomic mass is 35.5. The van der Waals surface area contributed by atoms with E-state index in [9.17, 15) is 4.79 Å². The fourth-order valence-corrected chi connectivity index (χ4v) is 2.16. The summed E-state index contributed by atoms with van der Waals surface area (Å²) >= 11 is 5.85. The van der Waals surface area contributed by atoms with Crippen LogP contribution in [-0.2, 0) is 4.79 Å². The van der Waals surface area contributed by atoms with Gasteiger partial charge in [-0.25, -0.2) is 9.48 Å². The first kappa shape index (κ1) is 16.9. The van der Waals surface area contributed by atoms with E-state index in [2.05, 4.69) is 15.5 Å². The third-order valence-electron chi connectivity index (χ3n) is 3.32. The lowest BCUT2D eigenvalue weighted by atomic mass is 10.1. The number of halogens is 1. The third kappa shape index (κ3) is 4.13. The van der Waals surface area contributed by atoms with Crippen molar-refractivity contribution in [2.45, 2.75) is 19.4 Å². The van der Waals surface area contributed by atoms with Crippen LogP contribution < -0.4 is 9.47 Å². The maximum absolute atomic E-state index is 12.5. The molecule has 3 rings (SSSR count). The number of aromatic nitrogens is 4. The van der Waals surface area contributed by atoms with Gasteiger partial charge in [0, 0.05) is 11.1 Å². The molecule has 0 bridgehead atoms. The topological polar surface area (TPSA) is 79.1 Å². The highest BCUT2D eigenvalue weighted by molar-refractivity contribution is 6.30. The first-order valence-corrected chi connectivity index (χ1v) is 7.82. The molecule has 0 unspecified atom stereocenters. The molecule has 2 aromatic carbocycles. The summed E-state index contributed by atoms with van der Waals surface area (Å²) in [6.45, 7) is 3.27. The van der Waals surface area contributed by atoms with E-state index in [1.807, 2.05) is 0 Å². The van der Waals surface area contributed by atoms with Gasteiger partial charge in [-0.2, -0.15) is 0 Å². The molecule has 3 aromatic rings. The molecular formula is C17H15ClN4O3. The molecule has 1 heterocycles. The quantitative estimate of drug-likeness (QED) is 0.515. The lowest BCUT2D eigenvalue weighted by Crippen LogP contribution is -2.41. The molecule has 0 fully saturated rings. The number of hydrogen-bond acceptors (Lipinski definition) is 6. The molecule has 0 spiro atoms. The van der Waals surface area contributed by atoms with Crippen LogP contribution in [0.4, 0.5) is 0 Å². The number of benzene rings is 2. The highest BCUT2D eigenvalue weighted by Crippen LogP contribution is 2.23. The van der Waals surface area contributed by atoms with Gasteiger partial charge in [0.15, 0.2) is 0 Å². The lowest BCUT2D eigenvalue weighted by molar-refractivity contribution is -0.149. The molecule has 128 valence electrons. The van der Waals surface area contributed by atoms with Crippen LogP contribution in [0.2, 0.25) is 5.02 Å². The van der Waals surface area contributed by atoms with Crippen molar-refractivity contribution in [3.63, 3.8) is 0 Å². The minimum Gasteiger partial charge on any atom is -0.476 e. The van der Waals surface area contributed by atoms with Gasteiger partial charge in [-0.1, -0.05) is 17.7 Å². The molecule has 1 aromatic heterocycles. The van der Waals surface area contributed by atoms with Gasteiger partial charge in [-0.15, -0.1) is 5.10 Å². The van der Waals surface area contributed by atoms with E-state index in [1.165, 1.54) is 11.0 Å². The number of carbonyl (C=O) groups excluding carboxylic acids is 1. The van der Waals surface area contributed by atoms with Gasteiger partial charge < -0.3 is 9.47 Å². The Bertz CT molecular complexity index is 864. The second-order valence-corrected chi connectivity index (χ2v) is 6.14. The van der Waals surface area contributed by atoms with Crippen molar-refractivity contribution < 1.29 is 14.3 Å². The van der Waals surface area contributed by atoms with Crippen LogP contribution in [0.25, 0.3) is 5.69 Å². The summed E-state index contributed by atoms with van der Waals surface area (Å²) in [7, 11) is 0. The van der Waals surface area contributed by atoms with Gasteiger partial charge >= 0.3 is 5.97 Å². The van der Waals surface area contributed by atoms with E-state index < -0.39 is 11.6 Å². The summed E-state index contributed by atoms with van der Waals surface area (Å²) in [6, 6.07) is 13.6. The minimum absolute atomic E-state index is 0.366. The van der Waals surface area contributed by atoms with Crippen molar-refractivity contribution in [3.05, 3.63) is 59.9 Å². The van der Waals surface area contributed by atoms with Crippen molar-refractivity contribution >= 4 is 17.6 Å². The zero-order chi connectivity index (χ0) is 17.9. The summed E-state index contributed by atoms with van der Waals surface area (Å²) in [5.41, 5.74) is -0.509.